The van der Waals surface area contributed by atoms with Crippen LogP contribution in [0.25, 0.3) is 0 Å². The van der Waals surface area contributed by atoms with Crippen LogP contribution in [0.5, 0.6) is 11.5 Å². The monoisotopic (exact) mass is 554 g/mol. The topological polar surface area (TPSA) is 58.9 Å². The maximum atomic E-state index is 9.39. The summed E-state index contributed by atoms with van der Waals surface area (Å²) in [5, 5.41) is 18.8. The van der Waals surface area contributed by atoms with Crippen molar-refractivity contribution in [3.05, 3.63) is 59.7 Å². The van der Waals surface area contributed by atoms with Gasteiger partial charge < -0.3 is 19.7 Å². The summed E-state index contributed by atoms with van der Waals surface area (Å²) < 4.78 is 12.1. The normalized spacial score (nSPS) is 14.5. The highest BCUT2D eigenvalue weighted by atomic mass is 16.5. The van der Waals surface area contributed by atoms with Crippen LogP contribution in [0.1, 0.15) is 111 Å². The van der Waals surface area contributed by atoms with Crippen LogP contribution in [-0.4, -0.2) is 23.4 Å². The Hall–Kier alpha value is -2.04. The van der Waals surface area contributed by atoms with Crippen molar-refractivity contribution >= 4 is 0 Å². The fourth-order valence-electron chi connectivity index (χ4n) is 6.47. The standard InChI is InChI=1S/C36H58O4/c1-8-28(17-19-39-33-15-11-13-30(21-33)26-37)23-35(4,5)25-32(10-3)36(6,7)24-29(9-2)18-20-40-34-16-12-14-31(22-34)27-38/h11-16,21-22,28-29,32,37-38H,8-10,17-20,23-27H2,1-7H3. The van der Waals surface area contributed by atoms with Gasteiger partial charge in [0, 0.05) is 0 Å². The fraction of sp³-hybridized carbons (Fsp3) is 0.667. The number of hydrogen-bond donors (Lipinski definition) is 2. The predicted molar refractivity (Wildman–Crippen MR) is 168 cm³/mol. The molecule has 0 aromatic heterocycles. The molecular formula is C36H58O4. The highest BCUT2D eigenvalue weighted by molar-refractivity contribution is 5.28. The quantitative estimate of drug-likeness (QED) is 0.171. The average Bonchev–Trinajstić information content (AvgIpc) is 2.94. The molecule has 0 aliphatic heterocycles. The predicted octanol–water partition coefficient (Wildman–Crippen LogP) is 9.21. The Morgan fingerprint density at radius 2 is 1.12 bits per heavy atom. The largest absolute Gasteiger partial charge is 0.494 e. The molecule has 0 spiro atoms. The first-order chi connectivity index (χ1) is 19.0. The molecule has 40 heavy (non-hydrogen) atoms. The summed E-state index contributed by atoms with van der Waals surface area (Å²) >= 11 is 0. The van der Waals surface area contributed by atoms with E-state index in [4.69, 9.17) is 9.47 Å². The van der Waals surface area contributed by atoms with Crippen molar-refractivity contribution in [1.82, 2.24) is 0 Å². The van der Waals surface area contributed by atoms with E-state index in [0.717, 1.165) is 48.7 Å². The third-order valence-electron chi connectivity index (χ3n) is 8.96. The SMILES string of the molecule is CCC(CCOc1cccc(CO)c1)CC(C)(C)CC(CC)C(C)(C)CC(CC)CCOc1cccc(CO)c1. The molecule has 0 aliphatic rings. The average molecular weight is 555 g/mol. The lowest BCUT2D eigenvalue weighted by Crippen LogP contribution is -2.32. The summed E-state index contributed by atoms with van der Waals surface area (Å²) in [6, 6.07) is 15.6. The number of hydrogen-bond acceptors (Lipinski definition) is 4. The van der Waals surface area contributed by atoms with E-state index in [1.165, 1.54) is 38.5 Å². The van der Waals surface area contributed by atoms with E-state index in [1.807, 2.05) is 48.5 Å². The Morgan fingerprint density at radius 3 is 1.55 bits per heavy atom. The molecule has 2 aromatic carbocycles. The molecule has 0 amide bonds. The van der Waals surface area contributed by atoms with Crippen LogP contribution in [0.4, 0.5) is 0 Å². The first kappa shape index (κ1) is 34.2. The van der Waals surface area contributed by atoms with E-state index >= 15 is 0 Å². The van der Waals surface area contributed by atoms with Gasteiger partial charge in [-0.05, 0) is 96.1 Å². The maximum absolute atomic E-state index is 9.39. The molecule has 2 aromatic rings. The van der Waals surface area contributed by atoms with Gasteiger partial charge in [0.05, 0.1) is 26.4 Å². The molecule has 4 nitrogen and oxygen atoms in total. The van der Waals surface area contributed by atoms with Crippen molar-refractivity contribution in [2.75, 3.05) is 13.2 Å². The van der Waals surface area contributed by atoms with Crippen molar-refractivity contribution in [2.24, 2.45) is 28.6 Å². The van der Waals surface area contributed by atoms with Crippen LogP contribution in [0.15, 0.2) is 48.5 Å². The molecule has 3 atom stereocenters. The molecular weight excluding hydrogens is 496 g/mol. The highest BCUT2D eigenvalue weighted by Gasteiger charge is 2.35. The highest BCUT2D eigenvalue weighted by Crippen LogP contribution is 2.45. The van der Waals surface area contributed by atoms with Gasteiger partial charge in [-0.3, -0.25) is 0 Å². The molecule has 0 saturated carbocycles. The summed E-state index contributed by atoms with van der Waals surface area (Å²) in [5.41, 5.74) is 2.33. The van der Waals surface area contributed by atoms with E-state index in [9.17, 15) is 10.2 Å². The Morgan fingerprint density at radius 1 is 0.650 bits per heavy atom. The zero-order chi connectivity index (χ0) is 29.6. The number of rotatable bonds is 20. The molecule has 2 N–H and O–H groups in total. The maximum Gasteiger partial charge on any atom is 0.119 e. The third-order valence-corrected chi connectivity index (χ3v) is 8.96. The molecule has 0 heterocycles. The summed E-state index contributed by atoms with van der Waals surface area (Å²) in [6.45, 7) is 18.4. The second-order valence-electron chi connectivity index (χ2n) is 13.3. The van der Waals surface area contributed by atoms with Gasteiger partial charge in [-0.2, -0.15) is 0 Å². The molecule has 3 unspecified atom stereocenters. The summed E-state index contributed by atoms with van der Waals surface area (Å²) in [7, 11) is 0. The smallest absolute Gasteiger partial charge is 0.119 e. The number of aliphatic hydroxyl groups excluding tert-OH is 2. The number of ether oxygens (including phenoxy) is 2. The van der Waals surface area contributed by atoms with Gasteiger partial charge in [-0.1, -0.05) is 92.0 Å². The van der Waals surface area contributed by atoms with Crippen LogP contribution in [-0.2, 0) is 13.2 Å². The van der Waals surface area contributed by atoms with Crippen molar-refractivity contribution in [1.29, 1.82) is 0 Å². The summed E-state index contributed by atoms with van der Waals surface area (Å²) in [5.74, 6) is 3.65. The molecule has 0 aliphatic carbocycles. The minimum atomic E-state index is 0.0460. The van der Waals surface area contributed by atoms with E-state index in [0.29, 0.717) is 17.8 Å². The van der Waals surface area contributed by atoms with E-state index in [2.05, 4.69) is 48.5 Å². The Balaban J connectivity index is 1.88. The number of benzene rings is 2. The van der Waals surface area contributed by atoms with Crippen LogP contribution in [0.2, 0.25) is 0 Å². The van der Waals surface area contributed by atoms with Gasteiger partial charge in [0.25, 0.3) is 0 Å². The number of aliphatic hydroxyl groups is 2. The van der Waals surface area contributed by atoms with Gasteiger partial charge in [-0.25, -0.2) is 0 Å². The van der Waals surface area contributed by atoms with Gasteiger partial charge in [0.15, 0.2) is 0 Å². The third kappa shape index (κ3) is 11.8. The van der Waals surface area contributed by atoms with Gasteiger partial charge in [0.1, 0.15) is 11.5 Å². The van der Waals surface area contributed by atoms with Crippen LogP contribution in [0, 0.1) is 28.6 Å². The van der Waals surface area contributed by atoms with Crippen molar-refractivity contribution in [2.45, 2.75) is 113 Å². The molecule has 226 valence electrons. The molecule has 2 rings (SSSR count). The van der Waals surface area contributed by atoms with Gasteiger partial charge >= 0.3 is 0 Å². The van der Waals surface area contributed by atoms with Crippen LogP contribution in [0.3, 0.4) is 0 Å². The summed E-state index contributed by atoms with van der Waals surface area (Å²) in [4.78, 5) is 0. The fourth-order valence-corrected chi connectivity index (χ4v) is 6.47. The van der Waals surface area contributed by atoms with E-state index < -0.39 is 0 Å². The lowest BCUT2D eigenvalue weighted by Gasteiger charge is -2.42. The van der Waals surface area contributed by atoms with E-state index in [-0.39, 0.29) is 24.0 Å². The molecule has 0 saturated heterocycles. The molecule has 0 radical (unpaired) electrons. The summed E-state index contributed by atoms with van der Waals surface area (Å²) in [6.07, 6.45) is 9.34. The second kappa shape index (κ2) is 17.0. The van der Waals surface area contributed by atoms with Gasteiger partial charge in [0.2, 0.25) is 0 Å². The molecule has 0 bridgehead atoms. The van der Waals surface area contributed by atoms with Gasteiger partial charge in [-0.15, -0.1) is 0 Å². The molecule has 0 fully saturated rings. The first-order valence-corrected chi connectivity index (χ1v) is 15.7. The Kier molecular flexibility index (Phi) is 14.6. The lowest BCUT2D eigenvalue weighted by atomic mass is 9.64. The zero-order valence-corrected chi connectivity index (χ0v) is 26.5. The van der Waals surface area contributed by atoms with Crippen LogP contribution < -0.4 is 9.47 Å². The minimum absolute atomic E-state index is 0.0460. The minimum Gasteiger partial charge on any atom is -0.494 e. The van der Waals surface area contributed by atoms with Crippen molar-refractivity contribution in [3.63, 3.8) is 0 Å². The van der Waals surface area contributed by atoms with Crippen LogP contribution >= 0.6 is 0 Å². The second-order valence-corrected chi connectivity index (χ2v) is 13.3. The Labute approximate surface area is 245 Å². The Bertz CT molecular complexity index is 967. The van der Waals surface area contributed by atoms with Crippen molar-refractivity contribution in [3.8, 4) is 11.5 Å². The zero-order valence-electron chi connectivity index (χ0n) is 26.5. The van der Waals surface area contributed by atoms with Crippen molar-refractivity contribution < 1.29 is 19.7 Å². The van der Waals surface area contributed by atoms with E-state index in [1.54, 1.807) is 0 Å². The first-order valence-electron chi connectivity index (χ1n) is 15.7. The lowest BCUT2D eigenvalue weighted by molar-refractivity contribution is 0.0839. The molecule has 4 heteroatoms.